The standard InChI is InChI=1S/C23H22N2O6S2/c1-32(28,29)19-7-3-15(4-8-19)16-5-9-20-17(13-16)11-12-25(23(20)27)18-6-10-22(26)21(14-18)24-33(2,30)31/h3-10,13-14,24,26H,11-12H2,1-2H3. The van der Waals surface area contributed by atoms with E-state index in [0.717, 1.165) is 29.2 Å². The van der Waals surface area contributed by atoms with E-state index in [1.807, 2.05) is 12.1 Å². The summed E-state index contributed by atoms with van der Waals surface area (Å²) in [6, 6.07) is 16.4. The molecule has 0 aliphatic carbocycles. The van der Waals surface area contributed by atoms with E-state index in [9.17, 15) is 26.7 Å². The number of anilines is 2. The number of sulfone groups is 1. The number of rotatable bonds is 5. The molecule has 3 aromatic rings. The van der Waals surface area contributed by atoms with Crippen LogP contribution in [-0.2, 0) is 26.3 Å². The van der Waals surface area contributed by atoms with Crippen molar-refractivity contribution < 1.29 is 26.7 Å². The van der Waals surface area contributed by atoms with E-state index >= 15 is 0 Å². The second-order valence-electron chi connectivity index (χ2n) is 7.95. The normalized spacial score (nSPS) is 14.1. The molecule has 1 aliphatic heterocycles. The molecule has 0 aromatic heterocycles. The second kappa shape index (κ2) is 8.20. The number of amides is 1. The van der Waals surface area contributed by atoms with Crippen LogP contribution < -0.4 is 9.62 Å². The lowest BCUT2D eigenvalue weighted by Crippen LogP contribution is -2.37. The van der Waals surface area contributed by atoms with Crippen molar-refractivity contribution in [1.82, 2.24) is 0 Å². The van der Waals surface area contributed by atoms with E-state index in [1.165, 1.54) is 17.0 Å². The average Bonchev–Trinajstić information content (AvgIpc) is 2.74. The van der Waals surface area contributed by atoms with Crippen molar-refractivity contribution in [3.05, 3.63) is 71.8 Å². The van der Waals surface area contributed by atoms with Crippen molar-refractivity contribution in [2.75, 3.05) is 28.7 Å². The SMILES string of the molecule is CS(=O)(=O)Nc1cc(N2CCc3cc(-c4ccc(S(C)(=O)=O)cc4)ccc3C2=O)ccc1O. The summed E-state index contributed by atoms with van der Waals surface area (Å²) in [5, 5.41) is 9.96. The minimum atomic E-state index is -3.60. The summed E-state index contributed by atoms with van der Waals surface area (Å²) in [4.78, 5) is 14.9. The van der Waals surface area contributed by atoms with E-state index in [-0.39, 0.29) is 22.2 Å². The molecule has 1 heterocycles. The number of hydrogen-bond acceptors (Lipinski definition) is 6. The van der Waals surface area contributed by atoms with Gasteiger partial charge in [0.25, 0.3) is 5.91 Å². The molecule has 1 amide bonds. The van der Waals surface area contributed by atoms with Gasteiger partial charge in [0.05, 0.1) is 16.8 Å². The van der Waals surface area contributed by atoms with Crippen LogP contribution in [0, 0.1) is 0 Å². The molecule has 0 fully saturated rings. The Bertz CT molecular complexity index is 1460. The number of phenols is 1. The summed E-state index contributed by atoms with van der Waals surface area (Å²) in [7, 11) is -6.87. The van der Waals surface area contributed by atoms with Crippen LogP contribution in [0.2, 0.25) is 0 Å². The second-order valence-corrected chi connectivity index (χ2v) is 11.7. The minimum absolute atomic E-state index is 0.00138. The molecular formula is C23H22N2O6S2. The molecule has 0 unspecified atom stereocenters. The van der Waals surface area contributed by atoms with E-state index in [0.29, 0.717) is 24.2 Å². The highest BCUT2D eigenvalue weighted by Crippen LogP contribution is 2.33. The first-order valence-corrected chi connectivity index (χ1v) is 13.8. The van der Waals surface area contributed by atoms with Crippen LogP contribution in [-0.4, -0.2) is 46.9 Å². The summed E-state index contributed by atoms with van der Waals surface area (Å²) in [5.41, 5.74) is 3.59. The molecule has 1 aliphatic rings. The third-order valence-corrected chi connectivity index (χ3v) is 7.11. The molecular weight excluding hydrogens is 464 g/mol. The van der Waals surface area contributed by atoms with E-state index < -0.39 is 19.9 Å². The van der Waals surface area contributed by atoms with Gasteiger partial charge in [-0.25, -0.2) is 16.8 Å². The Labute approximate surface area is 192 Å². The maximum absolute atomic E-state index is 13.2. The largest absolute Gasteiger partial charge is 0.506 e. The van der Waals surface area contributed by atoms with Gasteiger partial charge in [-0.1, -0.05) is 24.3 Å². The fourth-order valence-corrected chi connectivity index (χ4v) is 4.98. The molecule has 33 heavy (non-hydrogen) atoms. The first-order valence-electron chi connectivity index (χ1n) is 9.98. The average molecular weight is 487 g/mol. The Hall–Kier alpha value is -3.37. The molecule has 2 N–H and O–H groups in total. The van der Waals surface area contributed by atoms with Crippen LogP contribution in [0.25, 0.3) is 11.1 Å². The quantitative estimate of drug-likeness (QED) is 0.535. The topological polar surface area (TPSA) is 121 Å². The molecule has 4 rings (SSSR count). The first kappa shape index (κ1) is 22.8. The van der Waals surface area contributed by atoms with E-state index in [4.69, 9.17) is 0 Å². The maximum Gasteiger partial charge on any atom is 0.258 e. The Balaban J connectivity index is 1.62. The van der Waals surface area contributed by atoms with Gasteiger partial charge in [0, 0.05) is 24.1 Å². The number of nitrogens with zero attached hydrogens (tertiary/aromatic N) is 1. The van der Waals surface area contributed by atoms with Gasteiger partial charge in [0.1, 0.15) is 5.75 Å². The number of nitrogens with one attached hydrogen (secondary N) is 1. The maximum atomic E-state index is 13.2. The third-order valence-electron chi connectivity index (χ3n) is 5.39. The number of benzene rings is 3. The number of carbonyl (C=O) groups is 1. The van der Waals surface area contributed by atoms with Gasteiger partial charge in [-0.15, -0.1) is 0 Å². The molecule has 0 bridgehead atoms. The summed E-state index contributed by atoms with van der Waals surface area (Å²) in [6.07, 6.45) is 2.71. The number of sulfonamides is 1. The highest BCUT2D eigenvalue weighted by molar-refractivity contribution is 7.92. The molecule has 0 radical (unpaired) electrons. The first-order chi connectivity index (χ1) is 15.4. The molecule has 172 valence electrons. The highest BCUT2D eigenvalue weighted by Gasteiger charge is 2.26. The van der Waals surface area contributed by atoms with Gasteiger partial charge in [0.15, 0.2) is 9.84 Å². The van der Waals surface area contributed by atoms with Gasteiger partial charge in [-0.2, -0.15) is 0 Å². The van der Waals surface area contributed by atoms with E-state index in [1.54, 1.807) is 36.4 Å². The highest BCUT2D eigenvalue weighted by atomic mass is 32.2. The van der Waals surface area contributed by atoms with Crippen LogP contribution in [0.4, 0.5) is 11.4 Å². The van der Waals surface area contributed by atoms with Crippen molar-refractivity contribution in [2.45, 2.75) is 11.3 Å². The Morgan fingerprint density at radius 2 is 1.55 bits per heavy atom. The fraction of sp³-hybridized carbons (Fsp3) is 0.174. The zero-order valence-corrected chi connectivity index (χ0v) is 19.6. The summed E-state index contributed by atoms with van der Waals surface area (Å²) < 4.78 is 48.7. The van der Waals surface area contributed by atoms with Gasteiger partial charge in [-0.3, -0.25) is 9.52 Å². The van der Waals surface area contributed by atoms with Gasteiger partial charge < -0.3 is 10.0 Å². The van der Waals surface area contributed by atoms with Crippen LogP contribution in [0.5, 0.6) is 5.75 Å². The zero-order valence-electron chi connectivity index (χ0n) is 17.9. The molecule has 0 saturated heterocycles. The van der Waals surface area contributed by atoms with Crippen LogP contribution >= 0.6 is 0 Å². The number of carbonyl (C=O) groups excluding carboxylic acids is 1. The predicted molar refractivity (Wildman–Crippen MR) is 127 cm³/mol. The summed E-state index contributed by atoms with van der Waals surface area (Å²) in [5.74, 6) is -0.466. The van der Waals surface area contributed by atoms with Gasteiger partial charge >= 0.3 is 0 Å². The molecule has 0 atom stereocenters. The smallest absolute Gasteiger partial charge is 0.258 e. The van der Waals surface area contributed by atoms with Crippen molar-refractivity contribution in [1.29, 1.82) is 0 Å². The number of hydrogen-bond donors (Lipinski definition) is 2. The Kier molecular flexibility index (Phi) is 5.67. The lowest BCUT2D eigenvalue weighted by Gasteiger charge is -2.29. The lowest BCUT2D eigenvalue weighted by atomic mass is 9.94. The molecule has 8 nitrogen and oxygen atoms in total. The molecule has 0 spiro atoms. The third kappa shape index (κ3) is 4.86. The molecule has 0 saturated carbocycles. The minimum Gasteiger partial charge on any atom is -0.506 e. The Morgan fingerprint density at radius 1 is 0.879 bits per heavy atom. The molecule has 3 aromatic carbocycles. The van der Waals surface area contributed by atoms with Crippen molar-refractivity contribution in [2.24, 2.45) is 0 Å². The van der Waals surface area contributed by atoms with Crippen LogP contribution in [0.15, 0.2) is 65.6 Å². The van der Waals surface area contributed by atoms with Crippen molar-refractivity contribution in [3.8, 4) is 16.9 Å². The monoisotopic (exact) mass is 486 g/mol. The van der Waals surface area contributed by atoms with Crippen LogP contribution in [0.1, 0.15) is 15.9 Å². The summed E-state index contributed by atoms with van der Waals surface area (Å²) in [6.45, 7) is 0.380. The number of phenolic OH excluding ortho intramolecular Hbond substituents is 1. The fourth-order valence-electron chi connectivity index (χ4n) is 3.78. The van der Waals surface area contributed by atoms with Crippen molar-refractivity contribution >= 4 is 37.1 Å². The van der Waals surface area contributed by atoms with Gasteiger partial charge in [-0.05, 0) is 59.5 Å². The number of fused-ring (bicyclic) bond motifs is 1. The molecule has 10 heteroatoms. The Morgan fingerprint density at radius 3 is 2.18 bits per heavy atom. The van der Waals surface area contributed by atoms with Gasteiger partial charge in [0.2, 0.25) is 10.0 Å². The van der Waals surface area contributed by atoms with E-state index in [2.05, 4.69) is 4.72 Å². The van der Waals surface area contributed by atoms with Crippen molar-refractivity contribution in [3.63, 3.8) is 0 Å². The lowest BCUT2D eigenvalue weighted by molar-refractivity contribution is 0.0980. The number of aromatic hydroxyl groups is 1. The van der Waals surface area contributed by atoms with Crippen LogP contribution in [0.3, 0.4) is 0 Å². The zero-order chi connectivity index (χ0) is 24.0. The summed E-state index contributed by atoms with van der Waals surface area (Å²) >= 11 is 0. The predicted octanol–water partition coefficient (Wildman–Crippen LogP) is 3.04.